The zero-order valence-corrected chi connectivity index (χ0v) is 10.8. The molecule has 0 amide bonds. The molecule has 0 bridgehead atoms. The normalized spacial score (nSPS) is 12.4. The van der Waals surface area contributed by atoms with Crippen molar-refractivity contribution in [1.29, 1.82) is 0 Å². The molecule has 0 spiro atoms. The molecule has 0 aliphatic heterocycles. The third kappa shape index (κ3) is 2.25. The number of hydrogen-bond donors (Lipinski definition) is 1. The topological polar surface area (TPSA) is 38.7 Å². The van der Waals surface area contributed by atoms with Crippen molar-refractivity contribution < 1.29 is 14.6 Å². The second-order valence-electron chi connectivity index (χ2n) is 3.74. The summed E-state index contributed by atoms with van der Waals surface area (Å²) >= 11 is 6.07. The van der Waals surface area contributed by atoms with Crippen LogP contribution < -0.4 is 9.47 Å². The first kappa shape index (κ1) is 13.1. The molecule has 0 fully saturated rings. The highest BCUT2D eigenvalue weighted by atomic mass is 35.5. The van der Waals surface area contributed by atoms with Crippen LogP contribution >= 0.6 is 11.6 Å². The SMILES string of the molecule is COc1c(Cl)cc(C)c(C(C)CO)c1OC. The van der Waals surface area contributed by atoms with Gasteiger partial charge in [0.2, 0.25) is 0 Å². The molecule has 1 unspecified atom stereocenters. The van der Waals surface area contributed by atoms with Gasteiger partial charge in [0.25, 0.3) is 0 Å². The number of methoxy groups -OCH3 is 2. The van der Waals surface area contributed by atoms with Gasteiger partial charge in [-0.2, -0.15) is 0 Å². The van der Waals surface area contributed by atoms with Crippen LogP contribution in [0.2, 0.25) is 5.02 Å². The van der Waals surface area contributed by atoms with Crippen LogP contribution in [0.1, 0.15) is 24.0 Å². The predicted molar refractivity (Wildman–Crippen MR) is 64.8 cm³/mol. The summed E-state index contributed by atoms with van der Waals surface area (Å²) in [6, 6.07) is 1.82. The summed E-state index contributed by atoms with van der Waals surface area (Å²) < 4.78 is 10.6. The lowest BCUT2D eigenvalue weighted by atomic mass is 9.95. The van der Waals surface area contributed by atoms with E-state index in [1.54, 1.807) is 14.2 Å². The minimum Gasteiger partial charge on any atom is -0.492 e. The largest absolute Gasteiger partial charge is 0.492 e. The molecule has 1 aromatic carbocycles. The zero-order chi connectivity index (χ0) is 12.3. The highest BCUT2D eigenvalue weighted by Crippen LogP contribution is 2.42. The molecule has 1 N–H and O–H groups in total. The molecule has 1 aromatic rings. The molecule has 0 aliphatic rings. The zero-order valence-electron chi connectivity index (χ0n) is 10.0. The van der Waals surface area contributed by atoms with Crippen molar-refractivity contribution in [2.45, 2.75) is 19.8 Å². The Morgan fingerprint density at radius 3 is 2.31 bits per heavy atom. The van der Waals surface area contributed by atoms with E-state index in [1.807, 2.05) is 19.9 Å². The van der Waals surface area contributed by atoms with Crippen LogP contribution in [0.15, 0.2) is 6.07 Å². The van der Waals surface area contributed by atoms with Gasteiger partial charge in [0.15, 0.2) is 11.5 Å². The maximum atomic E-state index is 9.24. The summed E-state index contributed by atoms with van der Waals surface area (Å²) in [5, 5.41) is 9.76. The number of benzene rings is 1. The maximum absolute atomic E-state index is 9.24. The molecule has 1 atom stereocenters. The van der Waals surface area contributed by atoms with Crippen molar-refractivity contribution >= 4 is 11.6 Å². The Morgan fingerprint density at radius 1 is 1.31 bits per heavy atom. The predicted octanol–water partition coefficient (Wildman–Crippen LogP) is 2.76. The van der Waals surface area contributed by atoms with E-state index in [9.17, 15) is 5.11 Å². The number of rotatable bonds is 4. The first-order valence-electron chi connectivity index (χ1n) is 5.08. The summed E-state index contributed by atoms with van der Waals surface area (Å²) in [4.78, 5) is 0. The summed E-state index contributed by atoms with van der Waals surface area (Å²) in [5.74, 6) is 1.11. The van der Waals surface area contributed by atoms with Gasteiger partial charge in [0, 0.05) is 18.1 Å². The van der Waals surface area contributed by atoms with Crippen LogP contribution in [-0.4, -0.2) is 25.9 Å². The van der Waals surface area contributed by atoms with Crippen LogP contribution in [0.3, 0.4) is 0 Å². The lowest BCUT2D eigenvalue weighted by molar-refractivity contribution is 0.267. The maximum Gasteiger partial charge on any atom is 0.179 e. The van der Waals surface area contributed by atoms with Crippen LogP contribution in [0.25, 0.3) is 0 Å². The Labute approximate surface area is 101 Å². The third-order valence-corrected chi connectivity index (χ3v) is 2.89. The average molecular weight is 245 g/mol. The minimum absolute atomic E-state index is 0.0129. The summed E-state index contributed by atoms with van der Waals surface area (Å²) in [7, 11) is 3.12. The van der Waals surface area contributed by atoms with Gasteiger partial charge in [-0.25, -0.2) is 0 Å². The van der Waals surface area contributed by atoms with Crippen LogP contribution in [0.5, 0.6) is 11.5 Å². The van der Waals surface area contributed by atoms with Gasteiger partial charge in [0.05, 0.1) is 19.2 Å². The van der Waals surface area contributed by atoms with E-state index in [-0.39, 0.29) is 12.5 Å². The van der Waals surface area contributed by atoms with Crippen LogP contribution in [0.4, 0.5) is 0 Å². The number of aliphatic hydroxyl groups is 1. The lowest BCUT2D eigenvalue weighted by Gasteiger charge is -2.20. The van der Waals surface area contributed by atoms with E-state index >= 15 is 0 Å². The van der Waals surface area contributed by atoms with Crippen LogP contribution in [0, 0.1) is 6.92 Å². The van der Waals surface area contributed by atoms with Gasteiger partial charge < -0.3 is 14.6 Å². The second-order valence-corrected chi connectivity index (χ2v) is 4.15. The van der Waals surface area contributed by atoms with Gasteiger partial charge in [-0.15, -0.1) is 0 Å². The summed E-state index contributed by atoms with van der Waals surface area (Å²) in [6.07, 6.45) is 0. The van der Waals surface area contributed by atoms with E-state index in [0.717, 1.165) is 11.1 Å². The molecule has 3 nitrogen and oxygen atoms in total. The van der Waals surface area contributed by atoms with Gasteiger partial charge in [-0.1, -0.05) is 18.5 Å². The Morgan fingerprint density at radius 2 is 1.88 bits per heavy atom. The molecule has 0 saturated heterocycles. The number of hydrogen-bond acceptors (Lipinski definition) is 3. The Kier molecular flexibility index (Phi) is 4.44. The first-order chi connectivity index (χ1) is 7.56. The average Bonchev–Trinajstić information content (AvgIpc) is 2.27. The Bertz CT molecular complexity index is 377. The van der Waals surface area contributed by atoms with E-state index in [0.29, 0.717) is 16.5 Å². The summed E-state index contributed by atoms with van der Waals surface area (Å²) in [5.41, 5.74) is 1.93. The molecular formula is C12H17ClO3. The lowest BCUT2D eigenvalue weighted by Crippen LogP contribution is -2.06. The van der Waals surface area contributed by atoms with Crippen molar-refractivity contribution in [3.8, 4) is 11.5 Å². The highest BCUT2D eigenvalue weighted by Gasteiger charge is 2.20. The number of ether oxygens (including phenoxy) is 2. The van der Waals surface area contributed by atoms with E-state index < -0.39 is 0 Å². The van der Waals surface area contributed by atoms with Gasteiger partial charge >= 0.3 is 0 Å². The Balaban J connectivity index is 3.45. The summed E-state index contributed by atoms with van der Waals surface area (Å²) in [6.45, 7) is 3.93. The smallest absolute Gasteiger partial charge is 0.179 e. The number of aryl methyl sites for hydroxylation is 1. The van der Waals surface area contributed by atoms with Crippen molar-refractivity contribution in [3.63, 3.8) is 0 Å². The van der Waals surface area contributed by atoms with Crippen LogP contribution in [-0.2, 0) is 0 Å². The fourth-order valence-electron chi connectivity index (χ4n) is 1.84. The molecule has 0 aliphatic carbocycles. The van der Waals surface area contributed by atoms with E-state index in [4.69, 9.17) is 21.1 Å². The molecule has 4 heteroatoms. The van der Waals surface area contributed by atoms with E-state index in [1.165, 1.54) is 0 Å². The highest BCUT2D eigenvalue weighted by molar-refractivity contribution is 6.32. The second kappa shape index (κ2) is 5.41. The number of halogens is 1. The van der Waals surface area contributed by atoms with Crippen molar-refractivity contribution in [2.75, 3.05) is 20.8 Å². The van der Waals surface area contributed by atoms with Crippen molar-refractivity contribution in [1.82, 2.24) is 0 Å². The first-order valence-corrected chi connectivity index (χ1v) is 5.46. The number of aliphatic hydroxyl groups excluding tert-OH is 1. The molecular weight excluding hydrogens is 228 g/mol. The quantitative estimate of drug-likeness (QED) is 0.885. The third-order valence-electron chi connectivity index (χ3n) is 2.61. The van der Waals surface area contributed by atoms with Crippen molar-refractivity contribution in [2.24, 2.45) is 0 Å². The molecule has 90 valence electrons. The van der Waals surface area contributed by atoms with Gasteiger partial charge in [0.1, 0.15) is 0 Å². The molecule has 16 heavy (non-hydrogen) atoms. The fourth-order valence-corrected chi connectivity index (χ4v) is 2.17. The molecule has 0 radical (unpaired) electrons. The Hall–Kier alpha value is -0.930. The minimum atomic E-state index is -0.0129. The van der Waals surface area contributed by atoms with Crippen molar-refractivity contribution in [3.05, 3.63) is 22.2 Å². The molecule has 0 aromatic heterocycles. The molecule has 0 saturated carbocycles. The molecule has 1 rings (SSSR count). The monoisotopic (exact) mass is 244 g/mol. The standard InChI is InChI=1S/C12H17ClO3/c1-7-5-9(13)11(15-3)12(16-4)10(7)8(2)6-14/h5,8,14H,6H2,1-4H3. The van der Waals surface area contributed by atoms with Gasteiger partial charge in [-0.05, 0) is 18.6 Å². The molecule has 0 heterocycles. The van der Waals surface area contributed by atoms with Gasteiger partial charge in [-0.3, -0.25) is 0 Å². The fraction of sp³-hybridized carbons (Fsp3) is 0.500. The van der Waals surface area contributed by atoms with E-state index in [2.05, 4.69) is 0 Å².